The quantitative estimate of drug-likeness (QED) is 0.698. The van der Waals surface area contributed by atoms with Gasteiger partial charge in [0.25, 0.3) is 0 Å². The van der Waals surface area contributed by atoms with E-state index in [0.717, 1.165) is 11.1 Å². The van der Waals surface area contributed by atoms with Crippen LogP contribution in [-0.2, 0) is 17.9 Å². The molecule has 0 saturated heterocycles. The number of aliphatic hydroxyl groups excluding tert-OH is 1. The van der Waals surface area contributed by atoms with Crippen LogP contribution in [0.15, 0.2) is 18.2 Å². The van der Waals surface area contributed by atoms with Crippen molar-refractivity contribution in [3.05, 3.63) is 35.1 Å². The van der Waals surface area contributed by atoms with E-state index in [1.54, 1.807) is 6.07 Å². The predicted molar refractivity (Wildman–Crippen MR) is 55.7 cm³/mol. The summed E-state index contributed by atoms with van der Waals surface area (Å²) in [6.45, 7) is 1.28. The van der Waals surface area contributed by atoms with Crippen LogP contribution < -0.4 is 5.73 Å². The highest BCUT2D eigenvalue weighted by atomic mass is 19.1. The Morgan fingerprint density at radius 2 is 2.13 bits per heavy atom. The molecule has 0 spiro atoms. The third kappa shape index (κ3) is 3.95. The predicted octanol–water partition coefficient (Wildman–Crippen LogP) is 1.18. The van der Waals surface area contributed by atoms with Gasteiger partial charge in [0, 0.05) is 19.8 Å². The second-order valence-electron chi connectivity index (χ2n) is 3.25. The van der Waals surface area contributed by atoms with Crippen molar-refractivity contribution in [2.24, 2.45) is 5.73 Å². The van der Waals surface area contributed by atoms with Crippen LogP contribution >= 0.6 is 0 Å². The zero-order valence-corrected chi connectivity index (χ0v) is 8.58. The number of hydrogen-bond donors (Lipinski definition) is 2. The topological polar surface area (TPSA) is 55.5 Å². The first-order chi connectivity index (χ1) is 7.27. The molecule has 0 radical (unpaired) electrons. The highest BCUT2D eigenvalue weighted by Crippen LogP contribution is 2.12. The number of rotatable bonds is 6. The first-order valence-corrected chi connectivity index (χ1v) is 4.94. The van der Waals surface area contributed by atoms with Gasteiger partial charge >= 0.3 is 0 Å². The molecule has 0 saturated carbocycles. The van der Waals surface area contributed by atoms with Crippen LogP contribution in [0.5, 0.6) is 0 Å². The smallest absolute Gasteiger partial charge is 0.123 e. The molecule has 15 heavy (non-hydrogen) atoms. The Kier molecular flexibility index (Phi) is 5.25. The summed E-state index contributed by atoms with van der Waals surface area (Å²) >= 11 is 0. The van der Waals surface area contributed by atoms with Gasteiger partial charge in [0.15, 0.2) is 0 Å². The maximum atomic E-state index is 12.9. The van der Waals surface area contributed by atoms with E-state index >= 15 is 0 Å². The van der Waals surface area contributed by atoms with Crippen molar-refractivity contribution in [1.29, 1.82) is 0 Å². The maximum Gasteiger partial charge on any atom is 0.123 e. The van der Waals surface area contributed by atoms with E-state index in [1.165, 1.54) is 12.1 Å². The van der Waals surface area contributed by atoms with E-state index < -0.39 is 0 Å². The molecule has 84 valence electrons. The lowest BCUT2D eigenvalue weighted by molar-refractivity contribution is 0.103. The summed E-state index contributed by atoms with van der Waals surface area (Å²) in [6.07, 6.45) is 0.591. The summed E-state index contributed by atoms with van der Waals surface area (Å²) in [7, 11) is 0. The molecule has 0 heterocycles. The first-order valence-electron chi connectivity index (χ1n) is 4.94. The highest BCUT2D eigenvalue weighted by molar-refractivity contribution is 5.27. The number of benzene rings is 1. The van der Waals surface area contributed by atoms with Crippen LogP contribution in [0.2, 0.25) is 0 Å². The number of hydrogen-bond acceptors (Lipinski definition) is 3. The first kappa shape index (κ1) is 12.1. The standard InChI is InChI=1S/C11H16FNO2/c12-11-3-2-9(7-13)10(6-11)8-15-5-1-4-14/h2-3,6,14H,1,4-5,7-8,13H2. The van der Waals surface area contributed by atoms with Gasteiger partial charge in [-0.1, -0.05) is 6.07 Å². The summed E-state index contributed by atoms with van der Waals surface area (Å²) in [6, 6.07) is 4.49. The van der Waals surface area contributed by atoms with Crippen molar-refractivity contribution in [2.75, 3.05) is 13.2 Å². The van der Waals surface area contributed by atoms with Gasteiger partial charge in [-0.15, -0.1) is 0 Å². The molecule has 4 heteroatoms. The van der Waals surface area contributed by atoms with E-state index in [9.17, 15) is 4.39 Å². The Morgan fingerprint density at radius 3 is 2.80 bits per heavy atom. The lowest BCUT2D eigenvalue weighted by Crippen LogP contribution is -2.05. The highest BCUT2D eigenvalue weighted by Gasteiger charge is 2.02. The molecule has 0 atom stereocenters. The third-order valence-corrected chi connectivity index (χ3v) is 2.09. The van der Waals surface area contributed by atoms with Crippen LogP contribution in [0.3, 0.4) is 0 Å². The Balaban J connectivity index is 2.54. The summed E-state index contributed by atoms with van der Waals surface area (Å²) in [5.74, 6) is -0.284. The molecular weight excluding hydrogens is 197 g/mol. The lowest BCUT2D eigenvalue weighted by Gasteiger charge is -2.08. The normalized spacial score (nSPS) is 10.6. The van der Waals surface area contributed by atoms with Gasteiger partial charge in [0.1, 0.15) is 5.82 Å². The van der Waals surface area contributed by atoms with Gasteiger partial charge in [-0.25, -0.2) is 4.39 Å². The minimum absolute atomic E-state index is 0.104. The molecule has 0 aliphatic heterocycles. The zero-order valence-electron chi connectivity index (χ0n) is 8.58. The van der Waals surface area contributed by atoms with Gasteiger partial charge in [-0.05, 0) is 29.7 Å². The number of halogens is 1. The van der Waals surface area contributed by atoms with E-state index in [1.807, 2.05) is 0 Å². The molecule has 0 bridgehead atoms. The monoisotopic (exact) mass is 213 g/mol. The van der Waals surface area contributed by atoms with Crippen molar-refractivity contribution in [3.63, 3.8) is 0 Å². The van der Waals surface area contributed by atoms with Gasteiger partial charge in [-0.3, -0.25) is 0 Å². The van der Waals surface area contributed by atoms with Crippen molar-refractivity contribution >= 4 is 0 Å². The minimum Gasteiger partial charge on any atom is -0.396 e. The van der Waals surface area contributed by atoms with Crippen LogP contribution in [0.25, 0.3) is 0 Å². The fraction of sp³-hybridized carbons (Fsp3) is 0.455. The Bertz CT molecular complexity index is 305. The summed E-state index contributed by atoms with van der Waals surface area (Å²) in [4.78, 5) is 0. The van der Waals surface area contributed by atoms with Crippen molar-refractivity contribution in [3.8, 4) is 0 Å². The molecule has 0 aliphatic carbocycles. The number of ether oxygens (including phenoxy) is 1. The van der Waals surface area contributed by atoms with Gasteiger partial charge in [-0.2, -0.15) is 0 Å². The van der Waals surface area contributed by atoms with E-state index in [2.05, 4.69) is 0 Å². The fourth-order valence-corrected chi connectivity index (χ4v) is 1.28. The maximum absolute atomic E-state index is 12.9. The summed E-state index contributed by atoms with van der Waals surface area (Å²) in [5.41, 5.74) is 7.18. The van der Waals surface area contributed by atoms with Crippen LogP contribution in [0, 0.1) is 5.82 Å². The van der Waals surface area contributed by atoms with Gasteiger partial charge in [0.05, 0.1) is 6.61 Å². The van der Waals surface area contributed by atoms with E-state index in [4.69, 9.17) is 15.6 Å². The fourth-order valence-electron chi connectivity index (χ4n) is 1.28. The molecule has 1 rings (SSSR count). The second kappa shape index (κ2) is 6.50. The minimum atomic E-state index is -0.284. The Morgan fingerprint density at radius 1 is 1.33 bits per heavy atom. The summed E-state index contributed by atoms with van der Waals surface area (Å²) in [5, 5.41) is 8.55. The van der Waals surface area contributed by atoms with E-state index in [-0.39, 0.29) is 12.4 Å². The Hall–Kier alpha value is -0.970. The molecular formula is C11H16FNO2. The largest absolute Gasteiger partial charge is 0.396 e. The number of nitrogens with two attached hydrogens (primary N) is 1. The summed E-state index contributed by atoms with van der Waals surface area (Å²) < 4.78 is 18.2. The molecule has 0 amide bonds. The SMILES string of the molecule is NCc1ccc(F)cc1COCCCO. The molecule has 1 aromatic carbocycles. The van der Waals surface area contributed by atoms with Crippen LogP contribution in [-0.4, -0.2) is 18.3 Å². The number of aliphatic hydroxyl groups is 1. The van der Waals surface area contributed by atoms with Crippen LogP contribution in [0.1, 0.15) is 17.5 Å². The zero-order chi connectivity index (χ0) is 11.1. The average molecular weight is 213 g/mol. The van der Waals surface area contributed by atoms with Crippen molar-refractivity contribution < 1.29 is 14.2 Å². The molecule has 0 unspecified atom stereocenters. The molecule has 0 aliphatic rings. The van der Waals surface area contributed by atoms with Crippen molar-refractivity contribution in [2.45, 2.75) is 19.6 Å². The van der Waals surface area contributed by atoms with Crippen molar-refractivity contribution in [1.82, 2.24) is 0 Å². The molecule has 3 N–H and O–H groups in total. The lowest BCUT2D eigenvalue weighted by atomic mass is 10.1. The molecule has 0 fully saturated rings. The average Bonchev–Trinajstić information content (AvgIpc) is 2.25. The van der Waals surface area contributed by atoms with Gasteiger partial charge < -0.3 is 15.6 Å². The molecule has 0 aromatic heterocycles. The third-order valence-electron chi connectivity index (χ3n) is 2.09. The Labute approximate surface area is 88.7 Å². The molecule has 3 nitrogen and oxygen atoms in total. The second-order valence-corrected chi connectivity index (χ2v) is 3.25. The van der Waals surface area contributed by atoms with Gasteiger partial charge in [0.2, 0.25) is 0 Å². The van der Waals surface area contributed by atoms with Crippen LogP contribution in [0.4, 0.5) is 4.39 Å². The molecule has 1 aromatic rings. The van der Waals surface area contributed by atoms with E-state index in [0.29, 0.717) is 26.2 Å².